The van der Waals surface area contributed by atoms with Gasteiger partial charge in [-0.3, -0.25) is 0 Å². The van der Waals surface area contributed by atoms with Crippen molar-refractivity contribution in [3.05, 3.63) is 17.1 Å². The molecule has 2 rings (SSSR count). The van der Waals surface area contributed by atoms with Crippen LogP contribution in [0.15, 0.2) is 9.31 Å². The SMILES string of the molecule is Cc1oc(C)c(S(=O)(=O)NC2CCC2)c1CO. The maximum Gasteiger partial charge on any atom is 0.244 e. The number of hydrogen-bond donors (Lipinski definition) is 2. The quantitative estimate of drug-likeness (QED) is 0.852. The predicted octanol–water partition coefficient (Wildman–Crippen LogP) is 1.22. The van der Waals surface area contributed by atoms with Crippen LogP contribution in [0.5, 0.6) is 0 Å². The molecule has 1 aliphatic carbocycles. The smallest absolute Gasteiger partial charge is 0.244 e. The summed E-state index contributed by atoms with van der Waals surface area (Å²) in [4.78, 5) is 0.101. The van der Waals surface area contributed by atoms with Crippen LogP contribution in [0.2, 0.25) is 0 Å². The molecule has 0 aromatic carbocycles. The van der Waals surface area contributed by atoms with E-state index in [0.29, 0.717) is 17.1 Å². The Balaban J connectivity index is 2.37. The molecule has 0 amide bonds. The van der Waals surface area contributed by atoms with Gasteiger partial charge in [0, 0.05) is 11.6 Å². The van der Waals surface area contributed by atoms with Crippen molar-refractivity contribution in [2.75, 3.05) is 0 Å². The van der Waals surface area contributed by atoms with Crippen LogP contribution >= 0.6 is 0 Å². The Kier molecular flexibility index (Phi) is 3.29. The van der Waals surface area contributed by atoms with E-state index in [1.165, 1.54) is 0 Å². The van der Waals surface area contributed by atoms with Gasteiger partial charge in [0.2, 0.25) is 10.0 Å². The molecule has 1 aromatic rings. The molecule has 0 aliphatic heterocycles. The summed E-state index contributed by atoms with van der Waals surface area (Å²) in [6.45, 7) is 2.92. The maximum atomic E-state index is 12.2. The topological polar surface area (TPSA) is 79.5 Å². The molecule has 2 N–H and O–H groups in total. The number of sulfonamides is 1. The number of aryl methyl sites for hydroxylation is 2. The molecule has 1 saturated carbocycles. The molecule has 0 atom stereocenters. The molecule has 6 heteroatoms. The van der Waals surface area contributed by atoms with Crippen LogP contribution in [-0.2, 0) is 16.6 Å². The molecule has 0 bridgehead atoms. The molecule has 1 aromatic heterocycles. The average molecular weight is 259 g/mol. The van der Waals surface area contributed by atoms with Crippen LogP contribution in [0, 0.1) is 13.8 Å². The van der Waals surface area contributed by atoms with Gasteiger partial charge in [0.15, 0.2) is 0 Å². The monoisotopic (exact) mass is 259 g/mol. The van der Waals surface area contributed by atoms with E-state index in [1.807, 2.05) is 0 Å². The van der Waals surface area contributed by atoms with E-state index in [9.17, 15) is 13.5 Å². The van der Waals surface area contributed by atoms with Crippen LogP contribution in [0.3, 0.4) is 0 Å². The Morgan fingerprint density at radius 2 is 2.00 bits per heavy atom. The van der Waals surface area contributed by atoms with Gasteiger partial charge in [0.25, 0.3) is 0 Å². The van der Waals surface area contributed by atoms with Crippen molar-refractivity contribution in [1.82, 2.24) is 4.72 Å². The third-order valence-corrected chi connectivity index (χ3v) is 4.89. The van der Waals surface area contributed by atoms with Gasteiger partial charge in [-0.1, -0.05) is 6.42 Å². The van der Waals surface area contributed by atoms with Crippen LogP contribution in [0.1, 0.15) is 36.3 Å². The summed E-state index contributed by atoms with van der Waals surface area (Å²) in [7, 11) is -3.58. The standard InChI is InChI=1S/C11H17NO4S/c1-7-10(6-13)11(8(2)16-7)17(14,15)12-9-4-3-5-9/h9,12-13H,3-6H2,1-2H3. The van der Waals surface area contributed by atoms with Gasteiger partial charge in [0.05, 0.1) is 6.61 Å². The lowest BCUT2D eigenvalue weighted by Gasteiger charge is -2.26. The maximum absolute atomic E-state index is 12.2. The largest absolute Gasteiger partial charge is 0.465 e. The second kappa shape index (κ2) is 4.44. The number of rotatable bonds is 4. The van der Waals surface area contributed by atoms with Crippen LogP contribution in [0.4, 0.5) is 0 Å². The second-order valence-corrected chi connectivity index (χ2v) is 6.08. The summed E-state index contributed by atoms with van der Waals surface area (Å²) in [5.74, 6) is 0.789. The number of hydrogen-bond acceptors (Lipinski definition) is 4. The minimum absolute atomic E-state index is 0.0288. The van der Waals surface area contributed by atoms with Gasteiger partial charge in [-0.2, -0.15) is 0 Å². The molecular formula is C11H17NO4S. The van der Waals surface area contributed by atoms with Crippen molar-refractivity contribution in [3.8, 4) is 0 Å². The summed E-state index contributed by atoms with van der Waals surface area (Å²) < 4.78 is 32.2. The minimum atomic E-state index is -3.58. The molecule has 0 radical (unpaired) electrons. The zero-order valence-corrected chi connectivity index (χ0v) is 10.8. The fourth-order valence-electron chi connectivity index (χ4n) is 2.05. The highest BCUT2D eigenvalue weighted by Crippen LogP contribution is 2.28. The first-order valence-electron chi connectivity index (χ1n) is 5.67. The van der Waals surface area contributed by atoms with E-state index < -0.39 is 10.0 Å². The summed E-state index contributed by atoms with van der Waals surface area (Å²) >= 11 is 0. The van der Waals surface area contributed by atoms with Crippen LogP contribution in [-0.4, -0.2) is 19.6 Å². The fraction of sp³-hybridized carbons (Fsp3) is 0.636. The highest BCUT2D eigenvalue weighted by molar-refractivity contribution is 7.89. The van der Waals surface area contributed by atoms with Gasteiger partial charge >= 0.3 is 0 Å². The van der Waals surface area contributed by atoms with E-state index in [0.717, 1.165) is 19.3 Å². The number of furan rings is 1. The van der Waals surface area contributed by atoms with Gasteiger partial charge in [-0.05, 0) is 26.7 Å². The Morgan fingerprint density at radius 1 is 1.35 bits per heavy atom. The van der Waals surface area contributed by atoms with Gasteiger partial charge in [0.1, 0.15) is 16.4 Å². The van der Waals surface area contributed by atoms with E-state index in [1.54, 1.807) is 13.8 Å². The normalized spacial score (nSPS) is 17.1. The Morgan fingerprint density at radius 3 is 2.47 bits per heavy atom. The first kappa shape index (κ1) is 12.6. The van der Waals surface area contributed by atoms with E-state index in [-0.39, 0.29) is 17.5 Å². The number of aliphatic hydroxyl groups is 1. The fourth-order valence-corrected chi connectivity index (χ4v) is 3.79. The first-order valence-corrected chi connectivity index (χ1v) is 7.16. The lowest BCUT2D eigenvalue weighted by molar-refractivity contribution is 0.276. The molecule has 1 aliphatic rings. The van der Waals surface area contributed by atoms with Crippen molar-refractivity contribution in [3.63, 3.8) is 0 Å². The second-order valence-electron chi connectivity index (χ2n) is 4.43. The van der Waals surface area contributed by atoms with E-state index in [4.69, 9.17) is 4.42 Å². The van der Waals surface area contributed by atoms with Gasteiger partial charge < -0.3 is 9.52 Å². The summed E-state index contributed by atoms with van der Waals surface area (Å²) in [6, 6.07) is 0.0288. The zero-order valence-electron chi connectivity index (χ0n) is 9.99. The lowest BCUT2D eigenvalue weighted by Crippen LogP contribution is -2.39. The van der Waals surface area contributed by atoms with Crippen molar-refractivity contribution in [2.45, 2.75) is 50.7 Å². The summed E-state index contributed by atoms with van der Waals surface area (Å²) in [5.41, 5.74) is 0.356. The first-order chi connectivity index (χ1) is 7.95. The zero-order chi connectivity index (χ0) is 12.6. The molecular weight excluding hydrogens is 242 g/mol. The summed E-state index contributed by atoms with van der Waals surface area (Å²) in [5, 5.41) is 9.23. The molecule has 1 fully saturated rings. The minimum Gasteiger partial charge on any atom is -0.465 e. The molecule has 1 heterocycles. The van der Waals surface area contributed by atoms with Crippen LogP contribution in [0.25, 0.3) is 0 Å². The third kappa shape index (κ3) is 2.25. The van der Waals surface area contributed by atoms with Crippen molar-refractivity contribution >= 4 is 10.0 Å². The third-order valence-electron chi connectivity index (χ3n) is 3.18. The van der Waals surface area contributed by atoms with Crippen LogP contribution < -0.4 is 4.72 Å². The molecule has 0 saturated heterocycles. The van der Waals surface area contributed by atoms with Crippen molar-refractivity contribution < 1.29 is 17.9 Å². The highest BCUT2D eigenvalue weighted by Gasteiger charge is 2.30. The Labute approximate surface area is 101 Å². The lowest BCUT2D eigenvalue weighted by atomic mass is 9.94. The highest BCUT2D eigenvalue weighted by atomic mass is 32.2. The Hall–Kier alpha value is -0.850. The molecule has 0 unspecified atom stereocenters. The van der Waals surface area contributed by atoms with E-state index >= 15 is 0 Å². The molecule has 0 spiro atoms. The Bertz CT molecular complexity index is 514. The van der Waals surface area contributed by atoms with Crippen molar-refractivity contribution in [2.24, 2.45) is 0 Å². The molecule has 17 heavy (non-hydrogen) atoms. The number of nitrogens with one attached hydrogen (secondary N) is 1. The molecule has 5 nitrogen and oxygen atoms in total. The molecule has 96 valence electrons. The predicted molar refractivity (Wildman–Crippen MR) is 62.1 cm³/mol. The van der Waals surface area contributed by atoms with E-state index in [2.05, 4.69) is 4.72 Å². The van der Waals surface area contributed by atoms with Gasteiger partial charge in [-0.15, -0.1) is 0 Å². The number of aliphatic hydroxyl groups excluding tert-OH is 1. The van der Waals surface area contributed by atoms with Crippen molar-refractivity contribution in [1.29, 1.82) is 0 Å². The average Bonchev–Trinajstić information content (AvgIpc) is 2.47. The summed E-state index contributed by atoms with van der Waals surface area (Å²) in [6.07, 6.45) is 2.82. The van der Waals surface area contributed by atoms with Gasteiger partial charge in [-0.25, -0.2) is 13.1 Å².